The Morgan fingerprint density at radius 1 is 1.18 bits per heavy atom. The highest BCUT2D eigenvalue weighted by Gasteiger charge is 2.08. The molecule has 3 aromatic rings. The first kappa shape index (κ1) is 20.2. The second-order valence-corrected chi connectivity index (χ2v) is 8.56. The van der Waals surface area contributed by atoms with Gasteiger partial charge in [-0.2, -0.15) is 16.9 Å². The second kappa shape index (κ2) is 9.13. The van der Waals surface area contributed by atoms with E-state index in [0.29, 0.717) is 10.8 Å². The Hall–Kier alpha value is -2.50. The molecule has 0 spiro atoms. The van der Waals surface area contributed by atoms with Crippen LogP contribution in [0.3, 0.4) is 0 Å². The Bertz CT molecular complexity index is 1030. The van der Waals surface area contributed by atoms with Crippen LogP contribution in [0.4, 0.5) is 0 Å². The number of aromatic hydroxyl groups is 1. The number of benzene rings is 3. The molecule has 0 atom stereocenters. The second-order valence-electron chi connectivity index (χ2n) is 6.58. The number of hydrogen-bond acceptors (Lipinski definition) is 4. The van der Waals surface area contributed by atoms with Gasteiger partial charge >= 0.3 is 0 Å². The number of hydrogen-bond donors (Lipinski definition) is 2. The monoisotopic (exact) mass is 412 g/mol. The Labute approximate surface area is 173 Å². The lowest BCUT2D eigenvalue weighted by molar-refractivity contribution is 0.0955. The molecule has 3 rings (SSSR count). The third-order valence-corrected chi connectivity index (χ3v) is 5.65. The third kappa shape index (κ3) is 4.86. The number of phenols is 1. The zero-order chi connectivity index (χ0) is 20.1. The largest absolute Gasteiger partial charge is 0.506 e. The molecule has 0 bridgehead atoms. The van der Waals surface area contributed by atoms with Gasteiger partial charge in [0.1, 0.15) is 5.75 Å². The van der Waals surface area contributed by atoms with Gasteiger partial charge in [-0.1, -0.05) is 61.8 Å². The molecule has 0 heterocycles. The van der Waals surface area contributed by atoms with Gasteiger partial charge in [0.2, 0.25) is 0 Å². The van der Waals surface area contributed by atoms with Crippen molar-refractivity contribution in [3.63, 3.8) is 0 Å². The predicted molar refractivity (Wildman–Crippen MR) is 119 cm³/mol. The van der Waals surface area contributed by atoms with E-state index in [4.69, 9.17) is 11.6 Å². The number of nitrogens with one attached hydrogen (secondary N) is 1. The van der Waals surface area contributed by atoms with Crippen molar-refractivity contribution in [3.05, 3.63) is 76.3 Å². The van der Waals surface area contributed by atoms with Crippen LogP contribution in [0.5, 0.6) is 5.75 Å². The van der Waals surface area contributed by atoms with E-state index in [1.165, 1.54) is 29.1 Å². The van der Waals surface area contributed by atoms with Gasteiger partial charge in [0.15, 0.2) is 0 Å². The van der Waals surface area contributed by atoms with Gasteiger partial charge in [0, 0.05) is 16.9 Å². The highest BCUT2D eigenvalue weighted by Crippen LogP contribution is 2.27. The van der Waals surface area contributed by atoms with Crippen molar-refractivity contribution in [2.45, 2.75) is 24.9 Å². The lowest BCUT2D eigenvalue weighted by Gasteiger charge is -2.10. The molecule has 4 nitrogen and oxygen atoms in total. The average Bonchev–Trinajstić information content (AvgIpc) is 2.69. The van der Waals surface area contributed by atoms with Gasteiger partial charge in [-0.15, -0.1) is 0 Å². The van der Waals surface area contributed by atoms with Crippen molar-refractivity contribution in [1.82, 2.24) is 5.43 Å². The van der Waals surface area contributed by atoms with Crippen LogP contribution >= 0.6 is 23.4 Å². The number of fused-ring (bicyclic) bond motifs is 1. The highest BCUT2D eigenvalue weighted by molar-refractivity contribution is 7.99. The van der Waals surface area contributed by atoms with E-state index in [0.717, 1.165) is 16.7 Å². The predicted octanol–water partition coefficient (Wildman–Crippen LogP) is 5.60. The van der Waals surface area contributed by atoms with Crippen LogP contribution in [0.1, 0.15) is 35.3 Å². The zero-order valence-electron chi connectivity index (χ0n) is 15.6. The van der Waals surface area contributed by atoms with Gasteiger partial charge in [-0.25, -0.2) is 5.43 Å². The molecular formula is C22H21ClN2O2S. The molecule has 28 heavy (non-hydrogen) atoms. The topological polar surface area (TPSA) is 61.7 Å². The van der Waals surface area contributed by atoms with Crippen LogP contribution in [-0.2, 0) is 5.75 Å². The Morgan fingerprint density at radius 3 is 2.64 bits per heavy atom. The van der Waals surface area contributed by atoms with Crippen LogP contribution < -0.4 is 5.43 Å². The summed E-state index contributed by atoms with van der Waals surface area (Å²) in [6.45, 7) is 4.38. The van der Waals surface area contributed by atoms with Gasteiger partial charge < -0.3 is 5.11 Å². The van der Waals surface area contributed by atoms with Crippen molar-refractivity contribution in [3.8, 4) is 5.75 Å². The fourth-order valence-electron chi connectivity index (χ4n) is 2.75. The fourth-order valence-corrected chi connectivity index (χ4v) is 3.70. The molecule has 0 saturated heterocycles. The average molecular weight is 413 g/mol. The third-order valence-electron chi connectivity index (χ3n) is 4.20. The minimum atomic E-state index is -0.396. The number of amides is 1. The normalized spacial score (nSPS) is 11.4. The summed E-state index contributed by atoms with van der Waals surface area (Å²) >= 11 is 7.75. The Kier molecular flexibility index (Phi) is 6.60. The number of carbonyl (C=O) groups excluding carboxylic acids is 1. The molecule has 0 fully saturated rings. The number of thioether (sulfide) groups is 1. The Morgan fingerprint density at radius 2 is 1.93 bits per heavy atom. The summed E-state index contributed by atoms with van der Waals surface area (Å²) < 4.78 is 0. The first-order valence-electron chi connectivity index (χ1n) is 8.90. The van der Waals surface area contributed by atoms with Crippen LogP contribution in [0, 0.1) is 0 Å². The minimum Gasteiger partial charge on any atom is -0.506 e. The molecule has 0 unspecified atom stereocenters. The van der Waals surface area contributed by atoms with Gasteiger partial charge in [-0.05, 0) is 39.8 Å². The molecule has 3 aromatic carbocycles. The van der Waals surface area contributed by atoms with E-state index < -0.39 is 5.91 Å². The van der Waals surface area contributed by atoms with E-state index in [1.807, 2.05) is 30.0 Å². The number of carbonyl (C=O) groups is 1. The molecular weight excluding hydrogens is 392 g/mol. The maximum Gasteiger partial charge on any atom is 0.271 e. The first-order valence-corrected chi connectivity index (χ1v) is 10.3. The number of halogens is 1. The standard InChI is InChI=1S/C22H21ClN2O2S/c1-14(2)28-13-17-8-7-16(18-5-3-4-6-19(17)18)12-24-25-22(27)15-9-10-21(26)20(23)11-15/h3-12,14,26H,13H2,1-2H3,(H,25,27). The molecule has 1 amide bonds. The Balaban J connectivity index is 1.79. The van der Waals surface area contributed by atoms with Crippen molar-refractivity contribution >= 4 is 46.3 Å². The summed E-state index contributed by atoms with van der Waals surface area (Å²) in [6.07, 6.45) is 1.64. The van der Waals surface area contributed by atoms with Gasteiger partial charge in [0.05, 0.1) is 11.2 Å². The summed E-state index contributed by atoms with van der Waals surface area (Å²) in [5.74, 6) is 0.491. The molecule has 6 heteroatoms. The molecule has 0 aliphatic rings. The molecule has 2 N–H and O–H groups in total. The zero-order valence-corrected chi connectivity index (χ0v) is 17.2. The fraction of sp³-hybridized carbons (Fsp3) is 0.182. The number of phenolic OH excluding ortho intramolecular Hbond substituents is 1. The molecule has 0 radical (unpaired) electrons. The molecule has 0 aliphatic carbocycles. The summed E-state index contributed by atoms with van der Waals surface area (Å²) in [6, 6.07) is 16.6. The van der Waals surface area contributed by atoms with Crippen LogP contribution in [0.2, 0.25) is 5.02 Å². The van der Waals surface area contributed by atoms with Crippen LogP contribution in [0.15, 0.2) is 59.7 Å². The lowest BCUT2D eigenvalue weighted by Crippen LogP contribution is -2.17. The summed E-state index contributed by atoms with van der Waals surface area (Å²) in [5, 5.41) is 16.5. The number of hydrazone groups is 1. The number of nitrogens with zero attached hydrogens (tertiary/aromatic N) is 1. The minimum absolute atomic E-state index is 0.0658. The van der Waals surface area contributed by atoms with Crippen molar-refractivity contribution in [2.75, 3.05) is 0 Å². The molecule has 0 aromatic heterocycles. The van der Waals surface area contributed by atoms with E-state index in [-0.39, 0.29) is 10.8 Å². The molecule has 0 saturated carbocycles. The number of rotatable bonds is 6. The maximum atomic E-state index is 12.2. The van der Waals surface area contributed by atoms with Gasteiger partial charge in [-0.3, -0.25) is 4.79 Å². The van der Waals surface area contributed by atoms with E-state index in [2.05, 4.69) is 42.6 Å². The SMILES string of the molecule is CC(C)SCc1ccc(C=NNC(=O)c2ccc(O)c(Cl)c2)c2ccccc12. The summed E-state index contributed by atoms with van der Waals surface area (Å²) in [4.78, 5) is 12.2. The highest BCUT2D eigenvalue weighted by atomic mass is 35.5. The van der Waals surface area contributed by atoms with E-state index in [1.54, 1.807) is 6.21 Å². The molecule has 144 valence electrons. The van der Waals surface area contributed by atoms with Crippen molar-refractivity contribution in [2.24, 2.45) is 5.10 Å². The van der Waals surface area contributed by atoms with Crippen LogP contribution in [-0.4, -0.2) is 22.5 Å². The van der Waals surface area contributed by atoms with Crippen molar-refractivity contribution in [1.29, 1.82) is 0 Å². The summed E-state index contributed by atoms with van der Waals surface area (Å²) in [7, 11) is 0. The smallest absolute Gasteiger partial charge is 0.271 e. The van der Waals surface area contributed by atoms with Crippen LogP contribution in [0.25, 0.3) is 10.8 Å². The summed E-state index contributed by atoms with van der Waals surface area (Å²) in [5.41, 5.74) is 5.04. The lowest BCUT2D eigenvalue weighted by atomic mass is 10.0. The molecule has 0 aliphatic heterocycles. The van der Waals surface area contributed by atoms with Gasteiger partial charge in [0.25, 0.3) is 5.91 Å². The first-order chi connectivity index (χ1) is 13.5. The van der Waals surface area contributed by atoms with E-state index >= 15 is 0 Å². The van der Waals surface area contributed by atoms with E-state index in [9.17, 15) is 9.90 Å². The maximum absolute atomic E-state index is 12.2. The quantitative estimate of drug-likeness (QED) is 0.409. The van der Waals surface area contributed by atoms with Crippen molar-refractivity contribution < 1.29 is 9.90 Å².